The number of rotatable bonds is 9. The van der Waals surface area contributed by atoms with Gasteiger partial charge in [0, 0.05) is 24.7 Å². The van der Waals surface area contributed by atoms with Crippen LogP contribution in [0.5, 0.6) is 0 Å². The van der Waals surface area contributed by atoms with E-state index in [9.17, 15) is 8.42 Å². The van der Waals surface area contributed by atoms with E-state index in [2.05, 4.69) is 34.1 Å². The predicted molar refractivity (Wildman–Crippen MR) is 77.7 cm³/mol. The van der Waals surface area contributed by atoms with E-state index in [0.29, 0.717) is 30.6 Å². The Hall–Kier alpha value is -0.920. The van der Waals surface area contributed by atoms with Gasteiger partial charge in [0.05, 0.1) is 6.20 Å². The number of sulfonamides is 1. The van der Waals surface area contributed by atoms with Crippen LogP contribution in [0.4, 0.5) is 0 Å². The van der Waals surface area contributed by atoms with Gasteiger partial charge in [-0.1, -0.05) is 13.8 Å². The lowest BCUT2D eigenvalue weighted by Gasteiger charge is -2.08. The Labute approximate surface area is 120 Å². The summed E-state index contributed by atoms with van der Waals surface area (Å²) >= 11 is 0. The molecule has 0 radical (unpaired) electrons. The average molecular weight is 300 g/mol. The molecule has 3 N–H and O–H groups in total. The van der Waals surface area contributed by atoms with E-state index < -0.39 is 10.0 Å². The lowest BCUT2D eigenvalue weighted by atomic mass is 10.1. The van der Waals surface area contributed by atoms with Gasteiger partial charge in [-0.25, -0.2) is 13.1 Å². The van der Waals surface area contributed by atoms with Crippen LogP contribution < -0.4 is 10.0 Å². The second-order valence-corrected chi connectivity index (χ2v) is 7.52. The summed E-state index contributed by atoms with van der Waals surface area (Å²) in [7, 11) is -3.48. The maximum atomic E-state index is 12.2. The maximum absolute atomic E-state index is 12.2. The molecule has 0 atom stereocenters. The van der Waals surface area contributed by atoms with E-state index >= 15 is 0 Å². The van der Waals surface area contributed by atoms with Crippen molar-refractivity contribution in [1.29, 1.82) is 0 Å². The van der Waals surface area contributed by atoms with Crippen molar-refractivity contribution in [3.8, 4) is 0 Å². The molecule has 0 aromatic carbocycles. The van der Waals surface area contributed by atoms with E-state index in [1.165, 1.54) is 12.8 Å². The van der Waals surface area contributed by atoms with Crippen LogP contribution in [0.2, 0.25) is 0 Å². The average Bonchev–Trinajstić information content (AvgIpc) is 3.08. The molecule has 2 rings (SSSR count). The molecule has 7 heteroatoms. The van der Waals surface area contributed by atoms with Crippen LogP contribution in [0, 0.1) is 5.92 Å². The lowest BCUT2D eigenvalue weighted by Crippen LogP contribution is -2.27. The zero-order chi connectivity index (χ0) is 14.6. The minimum atomic E-state index is -3.48. The first-order valence-corrected chi connectivity index (χ1v) is 8.72. The van der Waals surface area contributed by atoms with Crippen LogP contribution in [0.15, 0.2) is 11.2 Å². The topological polar surface area (TPSA) is 86.9 Å². The highest BCUT2D eigenvalue weighted by atomic mass is 32.2. The number of hydrogen-bond acceptors (Lipinski definition) is 4. The van der Waals surface area contributed by atoms with Gasteiger partial charge < -0.3 is 5.32 Å². The molecule has 1 heterocycles. The van der Waals surface area contributed by atoms with E-state index in [4.69, 9.17) is 0 Å². The Morgan fingerprint density at radius 3 is 2.85 bits per heavy atom. The molecular formula is C13H24N4O2S. The zero-order valence-electron chi connectivity index (χ0n) is 12.1. The molecule has 1 aromatic heterocycles. The fraction of sp³-hybridized carbons (Fsp3) is 0.769. The van der Waals surface area contributed by atoms with Crippen LogP contribution in [0.25, 0.3) is 0 Å². The summed E-state index contributed by atoms with van der Waals surface area (Å²) in [6.45, 7) is 5.27. The molecule has 1 aliphatic rings. The molecule has 1 fully saturated rings. The van der Waals surface area contributed by atoms with E-state index in [1.807, 2.05) is 0 Å². The Balaban J connectivity index is 1.89. The van der Waals surface area contributed by atoms with E-state index in [-0.39, 0.29) is 5.03 Å². The van der Waals surface area contributed by atoms with Crippen LogP contribution in [-0.4, -0.2) is 31.2 Å². The maximum Gasteiger partial charge on any atom is 0.257 e. The Morgan fingerprint density at radius 2 is 2.20 bits per heavy atom. The van der Waals surface area contributed by atoms with Gasteiger partial charge >= 0.3 is 0 Å². The molecule has 1 saturated carbocycles. The summed E-state index contributed by atoms with van der Waals surface area (Å²) in [5.74, 6) is 0.588. The molecule has 0 bridgehead atoms. The number of H-pyrrole nitrogens is 1. The molecule has 0 aliphatic heterocycles. The normalized spacial score (nSPS) is 15.9. The highest BCUT2D eigenvalue weighted by molar-refractivity contribution is 7.89. The summed E-state index contributed by atoms with van der Waals surface area (Å²) in [4.78, 5) is 0. The highest BCUT2D eigenvalue weighted by Gasteiger charge is 2.24. The molecule has 114 valence electrons. The number of nitrogens with zero attached hydrogens (tertiary/aromatic N) is 1. The van der Waals surface area contributed by atoms with Crippen LogP contribution in [-0.2, 0) is 16.6 Å². The van der Waals surface area contributed by atoms with Crippen LogP contribution in [0.1, 0.15) is 45.1 Å². The Bertz CT molecular complexity index is 520. The second-order valence-electron chi connectivity index (χ2n) is 5.81. The molecule has 1 aliphatic carbocycles. The standard InChI is InChI=1S/C13H24N4O2S/c1-10(2)4-3-7-16-20(18,19)13-11(9-15-17-13)8-14-12-5-6-12/h9-10,12,14,16H,3-8H2,1-2H3,(H,15,17). The van der Waals surface area contributed by atoms with Gasteiger partial charge in [-0.15, -0.1) is 0 Å². The second kappa shape index (κ2) is 6.69. The van der Waals surface area contributed by atoms with Crippen molar-refractivity contribution in [2.75, 3.05) is 6.54 Å². The molecule has 0 amide bonds. The molecular weight excluding hydrogens is 276 g/mol. The van der Waals surface area contributed by atoms with Crippen molar-refractivity contribution in [3.05, 3.63) is 11.8 Å². The first kappa shape index (κ1) is 15.5. The van der Waals surface area contributed by atoms with E-state index in [0.717, 1.165) is 12.8 Å². The van der Waals surface area contributed by atoms with Crippen molar-refractivity contribution in [2.45, 2.75) is 57.1 Å². The number of nitrogens with one attached hydrogen (secondary N) is 3. The van der Waals surface area contributed by atoms with Crippen LogP contribution in [0.3, 0.4) is 0 Å². The molecule has 0 spiro atoms. The summed E-state index contributed by atoms with van der Waals surface area (Å²) in [6, 6.07) is 0.541. The van der Waals surface area contributed by atoms with Gasteiger partial charge in [-0.05, 0) is 31.6 Å². The van der Waals surface area contributed by atoms with E-state index in [1.54, 1.807) is 6.20 Å². The molecule has 0 saturated heterocycles. The van der Waals surface area contributed by atoms with Crippen molar-refractivity contribution < 1.29 is 8.42 Å². The third-order valence-corrected chi connectivity index (χ3v) is 4.83. The van der Waals surface area contributed by atoms with Gasteiger partial charge in [0.2, 0.25) is 0 Å². The van der Waals surface area contributed by atoms with Crippen molar-refractivity contribution >= 4 is 10.0 Å². The number of aromatic amines is 1. The number of aromatic nitrogens is 2. The van der Waals surface area contributed by atoms with Crippen molar-refractivity contribution in [1.82, 2.24) is 20.2 Å². The lowest BCUT2D eigenvalue weighted by molar-refractivity contribution is 0.537. The Kier molecular flexibility index (Phi) is 5.17. The van der Waals surface area contributed by atoms with Gasteiger partial charge in [0.15, 0.2) is 5.03 Å². The largest absolute Gasteiger partial charge is 0.310 e. The predicted octanol–water partition coefficient (Wildman–Crippen LogP) is 1.38. The fourth-order valence-electron chi connectivity index (χ4n) is 1.99. The smallest absolute Gasteiger partial charge is 0.257 e. The third-order valence-electron chi connectivity index (χ3n) is 3.36. The first-order chi connectivity index (χ1) is 9.49. The van der Waals surface area contributed by atoms with Gasteiger partial charge in [0.1, 0.15) is 0 Å². The third kappa shape index (κ3) is 4.57. The summed E-state index contributed by atoms with van der Waals surface area (Å²) in [5.41, 5.74) is 0.702. The molecule has 0 unspecified atom stereocenters. The van der Waals surface area contributed by atoms with Gasteiger partial charge in [0.25, 0.3) is 10.0 Å². The SMILES string of the molecule is CC(C)CCCNS(=O)(=O)c1[nH]ncc1CNC1CC1. The molecule has 6 nitrogen and oxygen atoms in total. The van der Waals surface area contributed by atoms with Crippen LogP contribution >= 0.6 is 0 Å². The zero-order valence-corrected chi connectivity index (χ0v) is 13.0. The molecule has 20 heavy (non-hydrogen) atoms. The highest BCUT2D eigenvalue weighted by Crippen LogP contribution is 2.20. The number of hydrogen-bond donors (Lipinski definition) is 3. The summed E-state index contributed by atoms with van der Waals surface area (Å²) in [5, 5.41) is 9.95. The Morgan fingerprint density at radius 1 is 1.45 bits per heavy atom. The summed E-state index contributed by atoms with van der Waals surface area (Å²) < 4.78 is 27.1. The van der Waals surface area contributed by atoms with Crippen molar-refractivity contribution in [3.63, 3.8) is 0 Å². The monoisotopic (exact) mass is 300 g/mol. The summed E-state index contributed by atoms with van der Waals surface area (Å²) in [6.07, 6.45) is 5.79. The fourth-order valence-corrected chi connectivity index (χ4v) is 3.19. The first-order valence-electron chi connectivity index (χ1n) is 7.24. The minimum absolute atomic E-state index is 0.190. The quantitative estimate of drug-likeness (QED) is 0.601. The van der Waals surface area contributed by atoms with Crippen molar-refractivity contribution in [2.24, 2.45) is 5.92 Å². The molecule has 1 aromatic rings. The van der Waals surface area contributed by atoms with Gasteiger partial charge in [-0.3, -0.25) is 5.10 Å². The minimum Gasteiger partial charge on any atom is -0.310 e. The van der Waals surface area contributed by atoms with Gasteiger partial charge in [-0.2, -0.15) is 5.10 Å².